The summed E-state index contributed by atoms with van der Waals surface area (Å²) in [7, 11) is 0. The lowest BCUT2D eigenvalue weighted by Gasteiger charge is -2.09. The minimum Gasteiger partial charge on any atom is -0.324 e. The topological polar surface area (TPSA) is 84.3 Å². The van der Waals surface area contributed by atoms with Crippen molar-refractivity contribution in [2.45, 2.75) is 51.4 Å². The van der Waals surface area contributed by atoms with Crippen LogP contribution in [0.1, 0.15) is 68.8 Å². The summed E-state index contributed by atoms with van der Waals surface area (Å²) in [5.74, 6) is 1.44. The van der Waals surface area contributed by atoms with Gasteiger partial charge in [0.1, 0.15) is 33.8 Å². The molecule has 0 spiro atoms. The summed E-state index contributed by atoms with van der Waals surface area (Å²) in [5, 5.41) is 24.6. The van der Waals surface area contributed by atoms with E-state index in [-0.39, 0.29) is 0 Å². The van der Waals surface area contributed by atoms with Crippen molar-refractivity contribution in [2.75, 3.05) is 0 Å². The Labute approximate surface area is 200 Å². The van der Waals surface area contributed by atoms with E-state index in [0.717, 1.165) is 82.5 Å². The first-order chi connectivity index (χ1) is 16.3. The standard InChI is InChI=1S/C26H21N5S2/c27-13-19-15-7-3-5-11-21(15)32-25(19)30-23-17-9-1-2-10-18(17)24(29-23)31-26-20(14-28)16-8-4-6-12-22(16)33-26/h1-2,9-10H,3-8,11-12H2,(H,29,30,31). The molecule has 1 aromatic carbocycles. The van der Waals surface area contributed by atoms with E-state index in [2.05, 4.69) is 17.5 Å². The van der Waals surface area contributed by atoms with Crippen LogP contribution in [-0.4, -0.2) is 11.7 Å². The van der Waals surface area contributed by atoms with Gasteiger partial charge < -0.3 is 5.32 Å². The van der Waals surface area contributed by atoms with Gasteiger partial charge in [-0.05, 0) is 62.5 Å². The van der Waals surface area contributed by atoms with Crippen LogP contribution in [0.2, 0.25) is 0 Å². The molecular weight excluding hydrogens is 446 g/mol. The molecule has 0 saturated carbocycles. The molecule has 6 rings (SSSR count). The Morgan fingerprint density at radius 3 is 1.61 bits per heavy atom. The van der Waals surface area contributed by atoms with E-state index in [0.29, 0.717) is 0 Å². The number of hydrogen-bond donors (Lipinski definition) is 1. The first kappa shape index (κ1) is 20.4. The molecule has 162 valence electrons. The summed E-state index contributed by atoms with van der Waals surface area (Å²) in [5.41, 5.74) is 5.79. The molecule has 3 heterocycles. The zero-order valence-corrected chi connectivity index (χ0v) is 19.7. The number of nitrogens with one attached hydrogen (secondary N) is 1. The van der Waals surface area contributed by atoms with Gasteiger partial charge in [-0.15, -0.1) is 22.7 Å². The van der Waals surface area contributed by atoms with Crippen molar-refractivity contribution in [3.8, 4) is 12.1 Å². The molecule has 2 aromatic heterocycles. The van der Waals surface area contributed by atoms with Crippen molar-refractivity contribution in [1.82, 2.24) is 5.32 Å². The number of rotatable bonds is 2. The predicted octanol–water partition coefficient (Wildman–Crippen LogP) is 6.07. The Hall–Kier alpha value is -3.26. The van der Waals surface area contributed by atoms with E-state index < -0.39 is 0 Å². The van der Waals surface area contributed by atoms with E-state index >= 15 is 0 Å². The van der Waals surface area contributed by atoms with Gasteiger partial charge in [-0.25, -0.2) is 9.98 Å². The van der Waals surface area contributed by atoms with Gasteiger partial charge in [0.2, 0.25) is 0 Å². The molecule has 3 aliphatic rings. The molecule has 0 unspecified atom stereocenters. The van der Waals surface area contributed by atoms with Crippen LogP contribution >= 0.6 is 22.7 Å². The quantitative estimate of drug-likeness (QED) is 0.496. The predicted molar refractivity (Wildman–Crippen MR) is 133 cm³/mol. The third-order valence-electron chi connectivity index (χ3n) is 6.63. The van der Waals surface area contributed by atoms with Crippen LogP contribution in [0.25, 0.3) is 0 Å². The maximum Gasteiger partial charge on any atom is 0.141 e. The zero-order valence-electron chi connectivity index (χ0n) is 18.1. The molecule has 0 atom stereocenters. The second kappa shape index (κ2) is 8.26. The smallest absolute Gasteiger partial charge is 0.141 e. The normalized spacial score (nSPS) is 18.8. The maximum absolute atomic E-state index is 9.83. The Bertz CT molecular complexity index is 1320. The highest BCUT2D eigenvalue weighted by atomic mass is 32.1. The summed E-state index contributed by atoms with van der Waals surface area (Å²) in [4.78, 5) is 12.5. The molecule has 5 nitrogen and oxygen atoms in total. The van der Waals surface area contributed by atoms with Crippen molar-refractivity contribution in [2.24, 2.45) is 9.98 Å². The summed E-state index contributed by atoms with van der Waals surface area (Å²) in [6.07, 6.45) is 8.65. The minimum absolute atomic E-state index is 0.722. The molecule has 3 aromatic rings. The van der Waals surface area contributed by atoms with Crippen LogP contribution < -0.4 is 5.32 Å². The second-order valence-corrected chi connectivity index (χ2v) is 10.8. The largest absolute Gasteiger partial charge is 0.324 e. The Balaban J connectivity index is 1.44. The van der Waals surface area contributed by atoms with Gasteiger partial charge in [0, 0.05) is 20.9 Å². The highest BCUT2D eigenvalue weighted by Gasteiger charge is 2.27. The molecule has 2 aliphatic carbocycles. The fraction of sp³-hybridized carbons (Fsp3) is 0.308. The van der Waals surface area contributed by atoms with E-state index in [9.17, 15) is 10.5 Å². The molecule has 0 saturated heterocycles. The van der Waals surface area contributed by atoms with Gasteiger partial charge >= 0.3 is 0 Å². The van der Waals surface area contributed by atoms with Gasteiger partial charge in [-0.2, -0.15) is 10.5 Å². The Morgan fingerprint density at radius 2 is 1.15 bits per heavy atom. The molecule has 7 heteroatoms. The summed E-state index contributed by atoms with van der Waals surface area (Å²) < 4.78 is 0. The molecule has 33 heavy (non-hydrogen) atoms. The number of thiophene rings is 2. The first-order valence-corrected chi connectivity index (χ1v) is 13.0. The van der Waals surface area contributed by atoms with Crippen molar-refractivity contribution >= 4 is 44.3 Å². The summed E-state index contributed by atoms with van der Waals surface area (Å²) >= 11 is 3.29. The van der Waals surface area contributed by atoms with Gasteiger partial charge in [-0.1, -0.05) is 24.3 Å². The van der Waals surface area contributed by atoms with Gasteiger partial charge in [0.05, 0.1) is 11.1 Å². The molecule has 0 radical (unpaired) electrons. The highest BCUT2D eigenvalue weighted by Crippen LogP contribution is 2.41. The summed E-state index contributed by atoms with van der Waals surface area (Å²) in [6.45, 7) is 0. The third kappa shape index (κ3) is 3.40. The van der Waals surface area contributed by atoms with Crippen LogP contribution in [0.5, 0.6) is 0 Å². The van der Waals surface area contributed by atoms with Gasteiger partial charge in [0.15, 0.2) is 0 Å². The molecule has 0 amide bonds. The number of nitrogens with zero attached hydrogens (tertiary/aromatic N) is 4. The Kier molecular flexibility index (Phi) is 5.10. The number of aryl methyl sites for hydroxylation is 2. The second-order valence-electron chi connectivity index (χ2n) is 8.60. The number of fused-ring (bicyclic) bond motifs is 3. The van der Waals surface area contributed by atoms with Crippen molar-refractivity contribution in [3.05, 3.63) is 67.4 Å². The monoisotopic (exact) mass is 467 g/mol. The van der Waals surface area contributed by atoms with Crippen LogP contribution in [-0.2, 0) is 25.7 Å². The number of benzene rings is 1. The number of aliphatic imine (C=N–C) groups is 2. The van der Waals surface area contributed by atoms with E-state index in [1.807, 2.05) is 24.3 Å². The van der Waals surface area contributed by atoms with Crippen LogP contribution in [0.3, 0.4) is 0 Å². The summed E-state index contributed by atoms with van der Waals surface area (Å²) in [6, 6.07) is 12.9. The molecular formula is C26H21N5S2. The first-order valence-electron chi connectivity index (χ1n) is 11.4. The van der Waals surface area contributed by atoms with Crippen molar-refractivity contribution in [3.63, 3.8) is 0 Å². The van der Waals surface area contributed by atoms with Gasteiger partial charge in [-0.3, -0.25) is 0 Å². The van der Waals surface area contributed by atoms with Crippen LogP contribution in [0.15, 0.2) is 34.3 Å². The lowest BCUT2D eigenvalue weighted by molar-refractivity contribution is 0.696. The SMILES string of the molecule is N#Cc1c(N=C2NC(=Nc3sc4c(c3C#N)CCCC4)c3ccccc32)sc2c1CCCC2. The fourth-order valence-electron chi connectivity index (χ4n) is 5.01. The van der Waals surface area contributed by atoms with E-state index in [1.54, 1.807) is 22.7 Å². The lowest BCUT2D eigenvalue weighted by atomic mass is 9.96. The van der Waals surface area contributed by atoms with Gasteiger partial charge in [0.25, 0.3) is 0 Å². The number of hydrogen-bond acceptors (Lipinski definition) is 6. The average Bonchev–Trinajstić information content (AvgIpc) is 3.50. The van der Waals surface area contributed by atoms with Crippen LogP contribution in [0.4, 0.5) is 10.0 Å². The number of amidine groups is 2. The van der Waals surface area contributed by atoms with E-state index in [4.69, 9.17) is 9.98 Å². The molecule has 0 bridgehead atoms. The van der Waals surface area contributed by atoms with E-state index in [1.165, 1.54) is 33.7 Å². The van der Waals surface area contributed by atoms with Crippen molar-refractivity contribution in [1.29, 1.82) is 10.5 Å². The molecule has 1 aliphatic heterocycles. The number of nitriles is 2. The Morgan fingerprint density at radius 1 is 0.697 bits per heavy atom. The van der Waals surface area contributed by atoms with Crippen LogP contribution in [0, 0.1) is 22.7 Å². The average molecular weight is 468 g/mol. The minimum atomic E-state index is 0.722. The maximum atomic E-state index is 9.83. The molecule has 1 N–H and O–H groups in total. The van der Waals surface area contributed by atoms with Crippen molar-refractivity contribution < 1.29 is 0 Å². The molecule has 0 fully saturated rings. The fourth-order valence-corrected chi connectivity index (χ4v) is 7.44. The highest BCUT2D eigenvalue weighted by molar-refractivity contribution is 7.16. The lowest BCUT2D eigenvalue weighted by Crippen LogP contribution is -2.22. The third-order valence-corrected chi connectivity index (χ3v) is 9.00. The zero-order chi connectivity index (χ0) is 22.4.